The van der Waals surface area contributed by atoms with E-state index in [4.69, 9.17) is 10.6 Å². The number of ketones is 1. The lowest BCUT2D eigenvalue weighted by atomic mass is 9.79. The minimum Gasteiger partial charge on any atom is -0.408 e. The van der Waals surface area contributed by atoms with Crippen LogP contribution in [0, 0.1) is 11.8 Å². The number of fused-ring (bicyclic) bond motifs is 1. The fourth-order valence-electron chi connectivity index (χ4n) is 3.64. The first-order chi connectivity index (χ1) is 12.0. The number of para-hydroxylation sites is 1. The van der Waals surface area contributed by atoms with Gasteiger partial charge in [0.2, 0.25) is 11.8 Å². The van der Waals surface area contributed by atoms with Gasteiger partial charge in [0.1, 0.15) is 17.6 Å². The summed E-state index contributed by atoms with van der Waals surface area (Å²) in [5, 5.41) is 0. The smallest absolute Gasteiger partial charge is 0.238 e. The maximum atomic E-state index is 13.1. The summed E-state index contributed by atoms with van der Waals surface area (Å²) in [7, 11) is 0. The molecule has 7 nitrogen and oxygen atoms in total. The number of amides is 2. The molecule has 0 aromatic heterocycles. The minimum atomic E-state index is -0.870. The van der Waals surface area contributed by atoms with E-state index in [0.29, 0.717) is 38.1 Å². The van der Waals surface area contributed by atoms with Gasteiger partial charge in [-0.3, -0.25) is 14.4 Å². The summed E-state index contributed by atoms with van der Waals surface area (Å²) < 4.78 is 0. The molecule has 1 unspecified atom stereocenters. The number of piperidine rings is 1. The summed E-state index contributed by atoms with van der Waals surface area (Å²) in [5.41, 5.74) is 9.05. The number of Topliss-reactive ketones (excluding diaryl/α,β-unsaturated/α-hetero) is 1. The summed E-state index contributed by atoms with van der Waals surface area (Å²) in [6, 6.07) is 6.52. The van der Waals surface area contributed by atoms with Crippen molar-refractivity contribution in [1.82, 2.24) is 10.4 Å². The van der Waals surface area contributed by atoms with Gasteiger partial charge in [-0.05, 0) is 30.9 Å². The van der Waals surface area contributed by atoms with Crippen LogP contribution < -0.4 is 16.1 Å². The van der Waals surface area contributed by atoms with Crippen molar-refractivity contribution in [2.24, 2.45) is 17.6 Å². The van der Waals surface area contributed by atoms with Crippen molar-refractivity contribution < 1.29 is 19.2 Å². The van der Waals surface area contributed by atoms with Crippen LogP contribution in [0.3, 0.4) is 0 Å². The highest BCUT2D eigenvalue weighted by atomic mass is 16.6. The molecule has 2 aliphatic rings. The molecular weight excluding hydrogens is 322 g/mol. The minimum absolute atomic E-state index is 0.0137. The summed E-state index contributed by atoms with van der Waals surface area (Å²) in [5.74, 6) is -0.702. The van der Waals surface area contributed by atoms with Gasteiger partial charge in [0.15, 0.2) is 0 Å². The monoisotopic (exact) mass is 345 g/mol. The number of benzene rings is 1. The van der Waals surface area contributed by atoms with Gasteiger partial charge in [-0.1, -0.05) is 18.2 Å². The number of hydroxylamine groups is 1. The van der Waals surface area contributed by atoms with Gasteiger partial charge in [-0.25, -0.2) is 0 Å². The highest BCUT2D eigenvalue weighted by Gasteiger charge is 2.40. The molecule has 0 aliphatic carbocycles. The number of rotatable bonds is 3. The highest BCUT2D eigenvalue weighted by molar-refractivity contribution is 5.92. The summed E-state index contributed by atoms with van der Waals surface area (Å²) in [4.78, 5) is 43.7. The first-order valence-corrected chi connectivity index (χ1v) is 8.56. The second-order valence-electron chi connectivity index (χ2n) is 6.70. The number of hydrogen-bond acceptors (Lipinski definition) is 5. The largest absolute Gasteiger partial charge is 0.408 e. The molecule has 1 saturated heterocycles. The lowest BCUT2D eigenvalue weighted by Gasteiger charge is -2.33. The quantitative estimate of drug-likeness (QED) is 0.827. The summed E-state index contributed by atoms with van der Waals surface area (Å²) in [6.45, 7) is 2.68. The third kappa shape index (κ3) is 3.66. The van der Waals surface area contributed by atoms with Crippen LogP contribution in [0.4, 0.5) is 0 Å². The molecule has 0 saturated carbocycles. The zero-order chi connectivity index (χ0) is 18.0. The molecule has 2 amide bonds. The van der Waals surface area contributed by atoms with Crippen LogP contribution in [-0.2, 0) is 20.8 Å². The van der Waals surface area contributed by atoms with E-state index in [1.54, 1.807) is 11.0 Å². The second-order valence-corrected chi connectivity index (χ2v) is 6.70. The lowest BCUT2D eigenvalue weighted by Crippen LogP contribution is -2.52. The molecule has 2 aliphatic heterocycles. The molecule has 134 valence electrons. The number of carbonyl (C=O) groups excluding carboxylic acids is 3. The Labute approximate surface area is 146 Å². The SMILES string of the molecule is CC(=O)N1CCC(C(=O)C2Cc3ccccc3ON[C@@H]2C(N)=O)CC1. The molecule has 2 atom stereocenters. The van der Waals surface area contributed by atoms with Crippen LogP contribution in [0.25, 0.3) is 0 Å². The Balaban J connectivity index is 1.78. The molecule has 0 radical (unpaired) electrons. The predicted octanol–water partition coefficient (Wildman–Crippen LogP) is 0.424. The lowest BCUT2D eigenvalue weighted by molar-refractivity contribution is -0.137. The highest BCUT2D eigenvalue weighted by Crippen LogP contribution is 2.30. The number of nitrogens with zero attached hydrogens (tertiary/aromatic N) is 1. The Morgan fingerprint density at radius 3 is 2.52 bits per heavy atom. The summed E-state index contributed by atoms with van der Waals surface area (Å²) >= 11 is 0. The number of nitrogens with two attached hydrogens (primary N) is 1. The molecule has 7 heteroatoms. The van der Waals surface area contributed by atoms with E-state index >= 15 is 0 Å². The fourth-order valence-corrected chi connectivity index (χ4v) is 3.64. The summed E-state index contributed by atoms with van der Waals surface area (Å²) in [6.07, 6.45) is 1.63. The molecule has 1 fully saturated rings. The van der Waals surface area contributed by atoms with Crippen LogP contribution in [0.1, 0.15) is 25.3 Å². The number of carbonyl (C=O) groups is 3. The van der Waals surface area contributed by atoms with Crippen LogP contribution in [0.5, 0.6) is 5.75 Å². The molecule has 0 spiro atoms. The number of likely N-dealkylation sites (tertiary alicyclic amines) is 1. The van der Waals surface area contributed by atoms with E-state index in [0.717, 1.165) is 5.56 Å². The van der Waals surface area contributed by atoms with Crippen LogP contribution in [0.15, 0.2) is 24.3 Å². The Bertz CT molecular complexity index is 683. The van der Waals surface area contributed by atoms with Crippen LogP contribution in [-0.4, -0.2) is 41.6 Å². The molecular formula is C18H23N3O4. The van der Waals surface area contributed by atoms with Crippen LogP contribution in [0.2, 0.25) is 0 Å². The molecule has 2 heterocycles. The average molecular weight is 345 g/mol. The van der Waals surface area contributed by atoms with Gasteiger partial charge in [-0.2, -0.15) is 0 Å². The Kier molecular flexibility index (Phi) is 5.03. The first-order valence-electron chi connectivity index (χ1n) is 8.56. The topological polar surface area (TPSA) is 102 Å². The van der Waals surface area contributed by atoms with E-state index in [1.165, 1.54) is 6.92 Å². The van der Waals surface area contributed by atoms with Crippen molar-refractivity contribution in [3.63, 3.8) is 0 Å². The number of hydrogen-bond donors (Lipinski definition) is 2. The van der Waals surface area contributed by atoms with Crippen molar-refractivity contribution in [3.05, 3.63) is 29.8 Å². The third-order valence-corrected chi connectivity index (χ3v) is 5.13. The number of nitrogens with one attached hydrogen (secondary N) is 1. The van der Waals surface area contributed by atoms with Gasteiger partial charge in [0, 0.05) is 31.8 Å². The second kappa shape index (κ2) is 7.23. The molecule has 3 rings (SSSR count). The van der Waals surface area contributed by atoms with Crippen LogP contribution >= 0.6 is 0 Å². The normalized spacial score (nSPS) is 24.0. The fraction of sp³-hybridized carbons (Fsp3) is 0.500. The maximum absolute atomic E-state index is 13.1. The first kappa shape index (κ1) is 17.4. The third-order valence-electron chi connectivity index (χ3n) is 5.13. The number of primary amides is 1. The van der Waals surface area contributed by atoms with Gasteiger partial charge < -0.3 is 15.5 Å². The predicted molar refractivity (Wildman–Crippen MR) is 90.4 cm³/mol. The molecule has 0 bridgehead atoms. The van der Waals surface area contributed by atoms with E-state index < -0.39 is 17.9 Å². The maximum Gasteiger partial charge on any atom is 0.238 e. The van der Waals surface area contributed by atoms with Crippen molar-refractivity contribution in [2.45, 2.75) is 32.2 Å². The standard InChI is InChI=1S/C18H23N3O4/c1-11(22)21-8-6-12(7-9-21)17(23)14-10-13-4-2-3-5-15(13)25-20-16(14)18(19)24/h2-5,12,14,16,20H,6-10H2,1H3,(H2,19,24)/t14?,16-/m0/s1. The molecule has 1 aromatic rings. The molecule has 25 heavy (non-hydrogen) atoms. The van der Waals surface area contributed by atoms with Gasteiger partial charge >= 0.3 is 0 Å². The van der Waals surface area contributed by atoms with E-state index in [2.05, 4.69) is 5.48 Å². The van der Waals surface area contributed by atoms with E-state index in [-0.39, 0.29) is 17.6 Å². The molecule has 3 N–H and O–H groups in total. The van der Waals surface area contributed by atoms with Crippen molar-refractivity contribution in [1.29, 1.82) is 0 Å². The van der Waals surface area contributed by atoms with Crippen molar-refractivity contribution in [2.75, 3.05) is 13.1 Å². The Morgan fingerprint density at radius 2 is 1.88 bits per heavy atom. The van der Waals surface area contributed by atoms with Crippen molar-refractivity contribution >= 4 is 17.6 Å². The Morgan fingerprint density at radius 1 is 1.20 bits per heavy atom. The Hall–Kier alpha value is -2.41. The zero-order valence-corrected chi connectivity index (χ0v) is 14.2. The zero-order valence-electron chi connectivity index (χ0n) is 14.2. The van der Waals surface area contributed by atoms with E-state index in [9.17, 15) is 14.4 Å². The molecule has 1 aromatic carbocycles. The van der Waals surface area contributed by atoms with Gasteiger partial charge in [-0.15, -0.1) is 5.48 Å². The van der Waals surface area contributed by atoms with Gasteiger partial charge in [0.25, 0.3) is 0 Å². The van der Waals surface area contributed by atoms with Gasteiger partial charge in [0.05, 0.1) is 0 Å². The average Bonchev–Trinajstić information content (AvgIpc) is 2.81. The van der Waals surface area contributed by atoms with Crippen molar-refractivity contribution in [3.8, 4) is 5.75 Å². The van der Waals surface area contributed by atoms with E-state index in [1.807, 2.05) is 18.2 Å².